The summed E-state index contributed by atoms with van der Waals surface area (Å²) < 4.78 is 16.7. The minimum absolute atomic E-state index is 0.0802. The first kappa shape index (κ1) is 54.1. The third kappa shape index (κ3) is 44.1. The van der Waals surface area contributed by atoms with Crippen molar-refractivity contribution >= 4 is 17.9 Å². The Hall–Kier alpha value is -2.89. The normalized spacial score (nSPS) is 12.5. The van der Waals surface area contributed by atoms with Gasteiger partial charge in [0.1, 0.15) is 13.2 Å². The second-order valence-corrected chi connectivity index (χ2v) is 15.8. The Labute approximate surface area is 351 Å². The van der Waals surface area contributed by atoms with E-state index >= 15 is 0 Å². The zero-order chi connectivity index (χ0) is 41.5. The number of carbonyl (C=O) groups excluding carboxylic acids is 3. The molecule has 0 saturated carbocycles. The molecule has 0 heterocycles. The van der Waals surface area contributed by atoms with Crippen LogP contribution < -0.4 is 0 Å². The van der Waals surface area contributed by atoms with Crippen LogP contribution in [-0.4, -0.2) is 37.2 Å². The van der Waals surface area contributed by atoms with Gasteiger partial charge in [-0.2, -0.15) is 0 Å². The Bertz CT molecular complexity index is 1050. The molecule has 6 nitrogen and oxygen atoms in total. The van der Waals surface area contributed by atoms with E-state index in [2.05, 4.69) is 57.2 Å². The number of carbonyl (C=O) groups is 3. The van der Waals surface area contributed by atoms with Crippen LogP contribution in [-0.2, 0) is 28.6 Å². The van der Waals surface area contributed by atoms with Crippen molar-refractivity contribution in [3.63, 3.8) is 0 Å². The molecule has 0 aliphatic rings. The van der Waals surface area contributed by atoms with Gasteiger partial charge in [0, 0.05) is 19.3 Å². The van der Waals surface area contributed by atoms with Gasteiger partial charge in [0.2, 0.25) is 0 Å². The van der Waals surface area contributed by atoms with Crippen LogP contribution in [0.1, 0.15) is 226 Å². The summed E-state index contributed by atoms with van der Waals surface area (Å²) in [6, 6.07) is 0. The van der Waals surface area contributed by atoms with Crippen LogP contribution in [0.4, 0.5) is 0 Å². The second-order valence-electron chi connectivity index (χ2n) is 15.8. The quantitative estimate of drug-likeness (QED) is 0.0265. The van der Waals surface area contributed by atoms with Crippen LogP contribution in [0.5, 0.6) is 0 Å². The number of esters is 3. The first-order chi connectivity index (χ1) is 28.0. The number of hydrogen-bond acceptors (Lipinski definition) is 6. The summed E-state index contributed by atoms with van der Waals surface area (Å²) in [7, 11) is 0. The molecular weight excluding hydrogens is 709 g/mol. The number of unbranched alkanes of at least 4 members (excludes halogenated alkanes) is 25. The van der Waals surface area contributed by atoms with E-state index in [9.17, 15) is 14.4 Å². The minimum atomic E-state index is -0.778. The number of ether oxygens (including phenoxy) is 3. The number of allylic oxidation sites excluding steroid dienone is 10. The van der Waals surface area contributed by atoms with E-state index in [4.69, 9.17) is 14.2 Å². The standard InChI is InChI=1S/C51H88O6/c1-4-7-10-13-16-19-22-23-24-25-26-27-28-30-32-35-38-41-44-50(53)56-47-48(46-55-49(52)43-40-37-34-31-21-18-15-12-9-6-3)57-51(54)45-42-39-36-33-29-20-17-14-11-8-5-2/h10,13,16,19,22-27,48H,4-9,11-12,14-15,17-18,20-21,28-47H2,1-3H3/b13-10-,19-16-,23-22-,25-24-,27-26-. The van der Waals surface area contributed by atoms with Crippen molar-refractivity contribution in [2.75, 3.05) is 13.2 Å². The van der Waals surface area contributed by atoms with Gasteiger partial charge in [-0.1, -0.05) is 229 Å². The van der Waals surface area contributed by atoms with E-state index in [1.54, 1.807) is 0 Å². The summed E-state index contributed by atoms with van der Waals surface area (Å²) in [6.07, 6.45) is 54.8. The fourth-order valence-electron chi connectivity index (χ4n) is 6.53. The van der Waals surface area contributed by atoms with Gasteiger partial charge >= 0.3 is 17.9 Å². The molecule has 0 N–H and O–H groups in total. The highest BCUT2D eigenvalue weighted by Crippen LogP contribution is 2.15. The van der Waals surface area contributed by atoms with Gasteiger partial charge in [-0.3, -0.25) is 14.4 Å². The molecule has 0 aliphatic carbocycles. The average Bonchev–Trinajstić information content (AvgIpc) is 3.21. The molecule has 57 heavy (non-hydrogen) atoms. The lowest BCUT2D eigenvalue weighted by molar-refractivity contribution is -0.167. The maximum absolute atomic E-state index is 12.7. The molecule has 328 valence electrons. The molecule has 6 heteroatoms. The summed E-state index contributed by atoms with van der Waals surface area (Å²) in [5, 5.41) is 0. The molecule has 0 aromatic carbocycles. The van der Waals surface area contributed by atoms with Gasteiger partial charge in [0.05, 0.1) is 0 Å². The fourth-order valence-corrected chi connectivity index (χ4v) is 6.53. The van der Waals surface area contributed by atoms with Crippen molar-refractivity contribution < 1.29 is 28.6 Å². The van der Waals surface area contributed by atoms with Gasteiger partial charge in [0.25, 0.3) is 0 Å². The van der Waals surface area contributed by atoms with Gasteiger partial charge in [-0.25, -0.2) is 0 Å². The summed E-state index contributed by atoms with van der Waals surface area (Å²) in [5.41, 5.74) is 0. The van der Waals surface area contributed by atoms with E-state index in [0.29, 0.717) is 19.3 Å². The molecule has 0 saturated heterocycles. The lowest BCUT2D eigenvalue weighted by atomic mass is 10.1. The van der Waals surface area contributed by atoms with Crippen molar-refractivity contribution in [3.05, 3.63) is 60.8 Å². The van der Waals surface area contributed by atoms with E-state index < -0.39 is 6.10 Å². The summed E-state index contributed by atoms with van der Waals surface area (Å²) >= 11 is 0. The Kier molecular flexibility index (Phi) is 43.5. The van der Waals surface area contributed by atoms with Gasteiger partial charge in [0.15, 0.2) is 6.10 Å². The molecule has 0 aromatic rings. The molecule has 0 fully saturated rings. The molecule has 0 bridgehead atoms. The van der Waals surface area contributed by atoms with Crippen molar-refractivity contribution in [1.82, 2.24) is 0 Å². The van der Waals surface area contributed by atoms with Crippen molar-refractivity contribution in [2.24, 2.45) is 0 Å². The van der Waals surface area contributed by atoms with Crippen LogP contribution in [0.15, 0.2) is 60.8 Å². The topological polar surface area (TPSA) is 78.9 Å². The Morgan fingerprint density at radius 1 is 0.351 bits per heavy atom. The third-order valence-corrected chi connectivity index (χ3v) is 10.1. The lowest BCUT2D eigenvalue weighted by Gasteiger charge is -2.18. The van der Waals surface area contributed by atoms with Crippen LogP contribution in [0.2, 0.25) is 0 Å². The molecule has 0 rings (SSSR count). The SMILES string of the molecule is CCC\C=C/C=C\C=C/C=C\C=C/CCCCCCCC(=O)OCC(COC(=O)CCCCCCCCCCCC)OC(=O)CCCCCCCCCCCCC. The van der Waals surface area contributed by atoms with Crippen molar-refractivity contribution in [1.29, 1.82) is 0 Å². The molecule has 1 unspecified atom stereocenters. The van der Waals surface area contributed by atoms with E-state index in [1.807, 2.05) is 24.3 Å². The number of hydrogen-bond donors (Lipinski definition) is 0. The van der Waals surface area contributed by atoms with Gasteiger partial charge < -0.3 is 14.2 Å². The molecule has 0 amide bonds. The molecular formula is C51H88O6. The smallest absolute Gasteiger partial charge is 0.306 e. The Morgan fingerprint density at radius 3 is 1.05 bits per heavy atom. The largest absolute Gasteiger partial charge is 0.462 e. The summed E-state index contributed by atoms with van der Waals surface area (Å²) in [6.45, 7) is 6.50. The highest BCUT2D eigenvalue weighted by Gasteiger charge is 2.19. The zero-order valence-electron chi connectivity index (χ0n) is 37.3. The monoisotopic (exact) mass is 797 g/mol. The molecule has 0 aromatic heterocycles. The van der Waals surface area contributed by atoms with Crippen LogP contribution in [0, 0.1) is 0 Å². The molecule has 1 atom stereocenters. The average molecular weight is 797 g/mol. The summed E-state index contributed by atoms with van der Waals surface area (Å²) in [5.74, 6) is -0.907. The fraction of sp³-hybridized carbons (Fsp3) is 0.745. The lowest BCUT2D eigenvalue weighted by Crippen LogP contribution is -2.30. The Morgan fingerprint density at radius 2 is 0.667 bits per heavy atom. The van der Waals surface area contributed by atoms with Crippen molar-refractivity contribution in [2.45, 2.75) is 232 Å². The Balaban J connectivity index is 4.39. The van der Waals surface area contributed by atoms with E-state index in [1.165, 1.54) is 103 Å². The molecule has 0 aliphatic heterocycles. The molecule has 0 radical (unpaired) electrons. The summed E-state index contributed by atoms with van der Waals surface area (Å²) in [4.78, 5) is 37.8. The van der Waals surface area contributed by atoms with Gasteiger partial charge in [-0.05, 0) is 38.5 Å². The third-order valence-electron chi connectivity index (χ3n) is 10.1. The maximum Gasteiger partial charge on any atom is 0.306 e. The minimum Gasteiger partial charge on any atom is -0.462 e. The highest BCUT2D eigenvalue weighted by molar-refractivity contribution is 5.71. The van der Waals surface area contributed by atoms with E-state index in [-0.39, 0.29) is 31.1 Å². The predicted molar refractivity (Wildman–Crippen MR) is 242 cm³/mol. The van der Waals surface area contributed by atoms with Gasteiger partial charge in [-0.15, -0.1) is 0 Å². The van der Waals surface area contributed by atoms with Crippen LogP contribution in [0.3, 0.4) is 0 Å². The zero-order valence-corrected chi connectivity index (χ0v) is 37.3. The first-order valence-corrected chi connectivity index (χ1v) is 23.9. The van der Waals surface area contributed by atoms with Crippen LogP contribution >= 0.6 is 0 Å². The van der Waals surface area contributed by atoms with Crippen LogP contribution in [0.25, 0.3) is 0 Å². The number of rotatable bonds is 42. The highest BCUT2D eigenvalue weighted by atomic mass is 16.6. The predicted octanol–water partition coefficient (Wildman–Crippen LogP) is 15.3. The van der Waals surface area contributed by atoms with E-state index in [0.717, 1.165) is 83.5 Å². The second kappa shape index (κ2) is 45.8. The first-order valence-electron chi connectivity index (χ1n) is 23.9. The van der Waals surface area contributed by atoms with Crippen molar-refractivity contribution in [3.8, 4) is 0 Å². The maximum atomic E-state index is 12.7. The molecule has 0 spiro atoms.